The first kappa shape index (κ1) is 10.1. The van der Waals surface area contributed by atoms with E-state index in [0.29, 0.717) is 0 Å². The molecular weight excluding hydrogens is 216 g/mol. The lowest BCUT2D eigenvalue weighted by Crippen LogP contribution is -2.04. The summed E-state index contributed by atoms with van der Waals surface area (Å²) in [6.07, 6.45) is 2.74. The number of carboxylic acid groups (broad SMARTS) is 1. The number of aromatic nitrogens is 2. The van der Waals surface area contributed by atoms with Crippen LogP contribution in [0.3, 0.4) is 0 Å². The molecule has 1 aromatic heterocycles. The monoisotopic (exact) mass is 228 g/mol. The molecule has 1 heterocycles. The van der Waals surface area contributed by atoms with Gasteiger partial charge in [0.1, 0.15) is 0 Å². The van der Waals surface area contributed by atoms with E-state index < -0.39 is 5.97 Å². The van der Waals surface area contributed by atoms with E-state index in [4.69, 9.17) is 5.11 Å². The molecule has 0 radical (unpaired) electrons. The minimum atomic E-state index is -0.933. The summed E-state index contributed by atoms with van der Waals surface area (Å²) in [6, 6.07) is 9.68. The number of carboxylic acids is 1. The zero-order valence-electron chi connectivity index (χ0n) is 9.26. The summed E-state index contributed by atoms with van der Waals surface area (Å²) in [5.41, 5.74) is 3.09. The maximum absolute atomic E-state index is 11.1. The molecule has 0 fully saturated rings. The number of carbonyl (C=O) groups is 1. The Morgan fingerprint density at radius 2 is 2.00 bits per heavy atom. The molecule has 1 aromatic carbocycles. The number of hydrogen-bond acceptors (Lipinski definition) is 2. The highest BCUT2D eigenvalue weighted by Gasteiger charge is 2.26. The number of para-hydroxylation sites is 1. The van der Waals surface area contributed by atoms with Gasteiger partial charge in [-0.15, -0.1) is 0 Å². The van der Waals surface area contributed by atoms with Gasteiger partial charge >= 0.3 is 5.97 Å². The number of hydrogen-bond donors (Lipinski definition) is 1. The molecule has 4 nitrogen and oxygen atoms in total. The van der Waals surface area contributed by atoms with Gasteiger partial charge in [0.25, 0.3) is 0 Å². The minimum absolute atomic E-state index is 0.210. The van der Waals surface area contributed by atoms with Gasteiger partial charge in [0.2, 0.25) is 0 Å². The largest absolute Gasteiger partial charge is 0.476 e. The van der Waals surface area contributed by atoms with Gasteiger partial charge in [-0.2, -0.15) is 5.10 Å². The molecule has 0 saturated carbocycles. The molecule has 3 rings (SSSR count). The Morgan fingerprint density at radius 1 is 1.24 bits per heavy atom. The van der Waals surface area contributed by atoms with E-state index in [0.717, 1.165) is 36.2 Å². The summed E-state index contributed by atoms with van der Waals surface area (Å²) >= 11 is 0. The summed E-state index contributed by atoms with van der Waals surface area (Å²) in [4.78, 5) is 11.1. The van der Waals surface area contributed by atoms with Crippen molar-refractivity contribution < 1.29 is 9.90 Å². The van der Waals surface area contributed by atoms with Crippen LogP contribution < -0.4 is 0 Å². The lowest BCUT2D eigenvalue weighted by Gasteiger charge is -2.04. The van der Waals surface area contributed by atoms with Crippen molar-refractivity contribution in [2.24, 2.45) is 0 Å². The molecular formula is C13H12N2O2. The van der Waals surface area contributed by atoms with Crippen molar-refractivity contribution in [3.05, 3.63) is 47.3 Å². The highest BCUT2D eigenvalue weighted by molar-refractivity contribution is 5.87. The summed E-state index contributed by atoms with van der Waals surface area (Å²) in [5.74, 6) is -0.933. The number of rotatable bonds is 2. The molecule has 0 atom stereocenters. The number of nitrogens with zero attached hydrogens (tertiary/aromatic N) is 2. The van der Waals surface area contributed by atoms with Crippen molar-refractivity contribution in [1.82, 2.24) is 9.78 Å². The molecule has 1 aliphatic carbocycles. The van der Waals surface area contributed by atoms with Gasteiger partial charge in [0, 0.05) is 11.3 Å². The van der Waals surface area contributed by atoms with Crippen LogP contribution >= 0.6 is 0 Å². The zero-order chi connectivity index (χ0) is 11.8. The Bertz CT molecular complexity index is 573. The van der Waals surface area contributed by atoms with E-state index in [2.05, 4.69) is 5.10 Å². The lowest BCUT2D eigenvalue weighted by atomic mass is 10.2. The van der Waals surface area contributed by atoms with Crippen molar-refractivity contribution >= 4 is 5.97 Å². The number of aromatic carboxylic acids is 1. The van der Waals surface area contributed by atoms with Crippen molar-refractivity contribution in [3.63, 3.8) is 0 Å². The van der Waals surface area contributed by atoms with E-state index in [9.17, 15) is 4.79 Å². The van der Waals surface area contributed by atoms with Crippen LogP contribution in [-0.4, -0.2) is 20.9 Å². The Hall–Kier alpha value is -2.10. The molecule has 86 valence electrons. The maximum Gasteiger partial charge on any atom is 0.356 e. The lowest BCUT2D eigenvalue weighted by molar-refractivity contribution is 0.0689. The molecule has 1 N–H and O–H groups in total. The molecule has 0 unspecified atom stereocenters. The van der Waals surface area contributed by atoms with Crippen LogP contribution in [0, 0.1) is 0 Å². The van der Waals surface area contributed by atoms with Crippen LogP contribution in [0.15, 0.2) is 30.3 Å². The molecule has 1 aliphatic rings. The SMILES string of the molecule is O=C(O)c1nn(-c2ccccc2)c2c1CCC2. The third-order valence-electron chi connectivity index (χ3n) is 3.13. The Balaban J connectivity index is 2.19. The molecule has 0 saturated heterocycles. The van der Waals surface area contributed by atoms with Crippen LogP contribution in [0.25, 0.3) is 5.69 Å². The normalized spacial score (nSPS) is 13.6. The van der Waals surface area contributed by atoms with Crippen molar-refractivity contribution in [1.29, 1.82) is 0 Å². The molecule has 0 aliphatic heterocycles. The standard InChI is InChI=1S/C13H12N2O2/c16-13(17)12-10-7-4-8-11(10)15(14-12)9-5-2-1-3-6-9/h1-3,5-6H,4,7-8H2,(H,16,17). The van der Waals surface area contributed by atoms with Gasteiger partial charge in [-0.25, -0.2) is 9.48 Å². The highest BCUT2D eigenvalue weighted by atomic mass is 16.4. The van der Waals surface area contributed by atoms with Crippen LogP contribution in [0.2, 0.25) is 0 Å². The van der Waals surface area contributed by atoms with Gasteiger partial charge < -0.3 is 5.11 Å². The smallest absolute Gasteiger partial charge is 0.356 e. The van der Waals surface area contributed by atoms with Crippen molar-refractivity contribution in [2.75, 3.05) is 0 Å². The first-order chi connectivity index (χ1) is 8.27. The quantitative estimate of drug-likeness (QED) is 0.856. The second kappa shape index (κ2) is 3.73. The molecule has 0 spiro atoms. The maximum atomic E-state index is 11.1. The third kappa shape index (κ3) is 1.53. The average Bonchev–Trinajstić information content (AvgIpc) is 2.90. The molecule has 17 heavy (non-hydrogen) atoms. The third-order valence-corrected chi connectivity index (χ3v) is 3.13. The summed E-state index contributed by atoms with van der Waals surface area (Å²) in [6.45, 7) is 0. The number of benzene rings is 1. The molecule has 2 aromatic rings. The van der Waals surface area contributed by atoms with Gasteiger partial charge in [-0.1, -0.05) is 18.2 Å². The van der Waals surface area contributed by atoms with Crippen molar-refractivity contribution in [2.45, 2.75) is 19.3 Å². The molecule has 0 bridgehead atoms. The Kier molecular flexibility index (Phi) is 2.21. The predicted octanol–water partition coefficient (Wildman–Crippen LogP) is 2.06. The fourth-order valence-electron chi connectivity index (χ4n) is 2.39. The van der Waals surface area contributed by atoms with Crippen molar-refractivity contribution in [3.8, 4) is 5.69 Å². The highest BCUT2D eigenvalue weighted by Crippen LogP contribution is 2.27. The van der Waals surface area contributed by atoms with Gasteiger partial charge in [0.05, 0.1) is 5.69 Å². The average molecular weight is 228 g/mol. The van der Waals surface area contributed by atoms with Gasteiger partial charge in [0.15, 0.2) is 5.69 Å². The summed E-state index contributed by atoms with van der Waals surface area (Å²) in [7, 11) is 0. The van der Waals surface area contributed by atoms with Crippen LogP contribution in [0.1, 0.15) is 28.2 Å². The fourth-order valence-corrected chi connectivity index (χ4v) is 2.39. The number of fused-ring (bicyclic) bond motifs is 1. The first-order valence-corrected chi connectivity index (χ1v) is 5.67. The van der Waals surface area contributed by atoms with E-state index in [1.54, 1.807) is 4.68 Å². The minimum Gasteiger partial charge on any atom is -0.476 e. The second-order valence-corrected chi connectivity index (χ2v) is 4.18. The van der Waals surface area contributed by atoms with E-state index >= 15 is 0 Å². The molecule has 0 amide bonds. The van der Waals surface area contributed by atoms with E-state index in [1.165, 1.54) is 0 Å². The molecule has 4 heteroatoms. The Labute approximate surface area is 98.5 Å². The van der Waals surface area contributed by atoms with Crippen LogP contribution in [0.4, 0.5) is 0 Å². The predicted molar refractivity (Wildman–Crippen MR) is 62.5 cm³/mol. The van der Waals surface area contributed by atoms with Crippen LogP contribution in [0.5, 0.6) is 0 Å². The topological polar surface area (TPSA) is 55.1 Å². The summed E-state index contributed by atoms with van der Waals surface area (Å²) < 4.78 is 1.77. The Morgan fingerprint density at radius 3 is 2.71 bits per heavy atom. The van der Waals surface area contributed by atoms with E-state index in [1.807, 2.05) is 30.3 Å². The van der Waals surface area contributed by atoms with Gasteiger partial charge in [-0.3, -0.25) is 0 Å². The first-order valence-electron chi connectivity index (χ1n) is 5.67. The summed E-state index contributed by atoms with van der Waals surface area (Å²) in [5, 5.41) is 13.4. The zero-order valence-corrected chi connectivity index (χ0v) is 9.26. The fraction of sp³-hybridized carbons (Fsp3) is 0.231. The second-order valence-electron chi connectivity index (χ2n) is 4.18. The van der Waals surface area contributed by atoms with Crippen LogP contribution in [-0.2, 0) is 12.8 Å². The van der Waals surface area contributed by atoms with E-state index in [-0.39, 0.29) is 5.69 Å². The van der Waals surface area contributed by atoms with Gasteiger partial charge in [-0.05, 0) is 31.4 Å².